The maximum Gasteiger partial charge on any atom is 0.266 e. The number of benzene rings is 3. The molecule has 0 saturated carbocycles. The molecular formula is C29H24ClN3O2S2. The Morgan fingerprint density at radius 3 is 2.51 bits per heavy atom. The van der Waals surface area contributed by atoms with Crippen molar-refractivity contribution in [1.82, 2.24) is 14.7 Å². The van der Waals surface area contributed by atoms with Crippen LogP contribution in [0.4, 0.5) is 0 Å². The molecule has 3 aromatic carbocycles. The standard InChI is InChI=1S/C29H24ClN3O2S2/c1-19(2)33-28(34)26(37-29(33)36)16-22-17-32(24-8-4-3-5-9-24)31-27(22)21-7-6-10-25(15-21)35-18-20-11-13-23(30)14-12-20/h3-17,19H,18H2,1-2H3/b26-16-. The van der Waals surface area contributed by atoms with E-state index in [1.54, 1.807) is 4.90 Å². The van der Waals surface area contributed by atoms with Crippen LogP contribution in [0.1, 0.15) is 25.0 Å². The molecule has 186 valence electrons. The fourth-order valence-electron chi connectivity index (χ4n) is 3.98. The quantitative estimate of drug-likeness (QED) is 0.179. The number of hydrogen-bond acceptors (Lipinski definition) is 5. The van der Waals surface area contributed by atoms with Crippen LogP contribution >= 0.6 is 35.6 Å². The van der Waals surface area contributed by atoms with E-state index in [0.717, 1.165) is 33.8 Å². The van der Waals surface area contributed by atoms with Gasteiger partial charge in [-0.2, -0.15) is 5.10 Å². The SMILES string of the molecule is CC(C)N1C(=O)/C(=C/c2cn(-c3ccccc3)nc2-c2cccc(OCc3ccc(Cl)cc3)c2)SC1=S. The Hall–Kier alpha value is -3.39. The molecule has 1 aromatic heterocycles. The molecule has 0 atom stereocenters. The summed E-state index contributed by atoms with van der Waals surface area (Å²) >= 11 is 12.8. The van der Waals surface area contributed by atoms with Crippen molar-refractivity contribution in [3.63, 3.8) is 0 Å². The second kappa shape index (κ2) is 10.9. The van der Waals surface area contributed by atoms with Crippen molar-refractivity contribution in [1.29, 1.82) is 0 Å². The molecule has 0 aliphatic carbocycles. The van der Waals surface area contributed by atoms with Crippen LogP contribution in [0.5, 0.6) is 5.75 Å². The maximum atomic E-state index is 13.1. The van der Waals surface area contributed by atoms with Crippen LogP contribution in [-0.2, 0) is 11.4 Å². The molecule has 0 bridgehead atoms. The monoisotopic (exact) mass is 545 g/mol. The van der Waals surface area contributed by atoms with E-state index in [1.165, 1.54) is 11.8 Å². The van der Waals surface area contributed by atoms with Crippen molar-refractivity contribution in [3.8, 4) is 22.7 Å². The zero-order valence-electron chi connectivity index (χ0n) is 20.3. The summed E-state index contributed by atoms with van der Waals surface area (Å²) in [5.41, 5.74) is 4.40. The summed E-state index contributed by atoms with van der Waals surface area (Å²) in [5.74, 6) is 0.641. The van der Waals surface area contributed by atoms with Gasteiger partial charge < -0.3 is 4.74 Å². The van der Waals surface area contributed by atoms with Crippen LogP contribution in [0.15, 0.2) is 90.0 Å². The molecule has 1 saturated heterocycles. The van der Waals surface area contributed by atoms with Gasteiger partial charge in [-0.1, -0.05) is 78.0 Å². The van der Waals surface area contributed by atoms with Gasteiger partial charge in [0.05, 0.1) is 10.6 Å². The highest BCUT2D eigenvalue weighted by Crippen LogP contribution is 2.36. The van der Waals surface area contributed by atoms with Gasteiger partial charge in [0.25, 0.3) is 5.91 Å². The number of carbonyl (C=O) groups is 1. The molecule has 37 heavy (non-hydrogen) atoms. The van der Waals surface area contributed by atoms with Crippen LogP contribution < -0.4 is 4.74 Å². The average molecular weight is 546 g/mol. The summed E-state index contributed by atoms with van der Waals surface area (Å²) in [6.45, 7) is 4.34. The number of halogens is 1. The van der Waals surface area contributed by atoms with E-state index in [1.807, 2.05) is 110 Å². The van der Waals surface area contributed by atoms with Crippen LogP contribution in [0.2, 0.25) is 5.02 Å². The summed E-state index contributed by atoms with van der Waals surface area (Å²) in [5, 5.41) is 5.59. The Morgan fingerprint density at radius 1 is 1.05 bits per heavy atom. The lowest BCUT2D eigenvalue weighted by Crippen LogP contribution is -2.34. The maximum absolute atomic E-state index is 13.1. The van der Waals surface area contributed by atoms with E-state index in [2.05, 4.69) is 0 Å². The first-order valence-corrected chi connectivity index (χ1v) is 13.4. The number of nitrogens with zero attached hydrogens (tertiary/aromatic N) is 3. The van der Waals surface area contributed by atoms with Gasteiger partial charge in [0.2, 0.25) is 0 Å². The second-order valence-corrected chi connectivity index (χ2v) is 10.9. The van der Waals surface area contributed by atoms with Gasteiger partial charge in [-0.15, -0.1) is 0 Å². The van der Waals surface area contributed by atoms with Crippen molar-refractivity contribution < 1.29 is 9.53 Å². The molecule has 8 heteroatoms. The minimum Gasteiger partial charge on any atom is -0.489 e. The molecular weight excluding hydrogens is 522 g/mol. The first-order valence-electron chi connectivity index (χ1n) is 11.8. The third kappa shape index (κ3) is 5.64. The van der Waals surface area contributed by atoms with E-state index in [-0.39, 0.29) is 11.9 Å². The smallest absolute Gasteiger partial charge is 0.266 e. The van der Waals surface area contributed by atoms with E-state index >= 15 is 0 Å². The Kier molecular flexibility index (Phi) is 7.46. The number of hydrogen-bond donors (Lipinski definition) is 0. The molecule has 1 aliphatic rings. The Morgan fingerprint density at radius 2 is 1.81 bits per heavy atom. The number of para-hydroxylation sites is 1. The number of rotatable bonds is 7. The first-order chi connectivity index (χ1) is 17.9. The van der Waals surface area contributed by atoms with Crippen LogP contribution in [-0.4, -0.2) is 30.9 Å². The van der Waals surface area contributed by atoms with Gasteiger partial charge >= 0.3 is 0 Å². The molecule has 0 spiro atoms. The minimum absolute atomic E-state index is 0.000571. The van der Waals surface area contributed by atoms with Crippen molar-refractivity contribution >= 4 is 51.9 Å². The van der Waals surface area contributed by atoms with E-state index in [9.17, 15) is 4.79 Å². The predicted octanol–water partition coefficient (Wildman–Crippen LogP) is 7.38. The molecule has 5 rings (SSSR count). The zero-order chi connectivity index (χ0) is 25.9. The molecule has 1 fully saturated rings. The lowest BCUT2D eigenvalue weighted by Gasteiger charge is -2.18. The number of aromatic nitrogens is 2. The van der Waals surface area contributed by atoms with Crippen LogP contribution in [0.3, 0.4) is 0 Å². The molecule has 0 N–H and O–H groups in total. The third-order valence-electron chi connectivity index (χ3n) is 5.82. The minimum atomic E-state index is -0.0801. The summed E-state index contributed by atoms with van der Waals surface area (Å²) in [6, 6.07) is 25.3. The summed E-state index contributed by atoms with van der Waals surface area (Å²) < 4.78 is 8.45. The molecule has 0 radical (unpaired) electrons. The molecule has 0 unspecified atom stereocenters. The lowest BCUT2D eigenvalue weighted by atomic mass is 10.1. The van der Waals surface area contributed by atoms with E-state index < -0.39 is 0 Å². The summed E-state index contributed by atoms with van der Waals surface area (Å²) in [6.07, 6.45) is 3.82. The number of ether oxygens (including phenoxy) is 1. The highest BCUT2D eigenvalue weighted by atomic mass is 35.5. The number of amides is 1. The molecule has 2 heterocycles. The third-order valence-corrected chi connectivity index (χ3v) is 7.40. The van der Waals surface area contributed by atoms with Gasteiger partial charge in [0.15, 0.2) is 0 Å². The second-order valence-electron chi connectivity index (χ2n) is 8.80. The number of thiocarbonyl (C=S) groups is 1. The van der Waals surface area contributed by atoms with Crippen molar-refractivity contribution in [2.45, 2.75) is 26.5 Å². The largest absolute Gasteiger partial charge is 0.489 e. The van der Waals surface area contributed by atoms with Gasteiger partial charge in [0.1, 0.15) is 22.4 Å². The van der Waals surface area contributed by atoms with Gasteiger partial charge in [0, 0.05) is 28.4 Å². The highest BCUT2D eigenvalue weighted by molar-refractivity contribution is 8.26. The molecule has 1 amide bonds. The fourth-order valence-corrected chi connectivity index (χ4v) is 5.62. The first kappa shape index (κ1) is 25.3. The summed E-state index contributed by atoms with van der Waals surface area (Å²) in [7, 11) is 0. The fraction of sp³-hybridized carbons (Fsp3) is 0.138. The Balaban J connectivity index is 1.50. The van der Waals surface area contributed by atoms with Gasteiger partial charge in [-0.05, 0) is 61.9 Å². The normalized spacial score (nSPS) is 14.7. The van der Waals surface area contributed by atoms with Gasteiger partial charge in [-0.25, -0.2) is 4.68 Å². The van der Waals surface area contributed by atoms with E-state index in [0.29, 0.717) is 20.9 Å². The molecule has 1 aliphatic heterocycles. The molecule has 5 nitrogen and oxygen atoms in total. The predicted molar refractivity (Wildman–Crippen MR) is 155 cm³/mol. The summed E-state index contributed by atoms with van der Waals surface area (Å²) in [4.78, 5) is 15.3. The van der Waals surface area contributed by atoms with E-state index in [4.69, 9.17) is 33.7 Å². The van der Waals surface area contributed by atoms with Crippen molar-refractivity contribution in [2.24, 2.45) is 0 Å². The Bertz CT molecular complexity index is 1480. The highest BCUT2D eigenvalue weighted by Gasteiger charge is 2.34. The lowest BCUT2D eigenvalue weighted by molar-refractivity contribution is -0.123. The number of thioether (sulfide) groups is 1. The van der Waals surface area contributed by atoms with Crippen molar-refractivity contribution in [3.05, 3.63) is 106 Å². The van der Waals surface area contributed by atoms with Crippen LogP contribution in [0, 0.1) is 0 Å². The van der Waals surface area contributed by atoms with Crippen molar-refractivity contribution in [2.75, 3.05) is 0 Å². The Labute approximate surface area is 230 Å². The average Bonchev–Trinajstić information content (AvgIpc) is 3.44. The number of carbonyl (C=O) groups excluding carboxylic acids is 1. The topological polar surface area (TPSA) is 47.4 Å². The van der Waals surface area contributed by atoms with Crippen LogP contribution in [0.25, 0.3) is 23.0 Å². The van der Waals surface area contributed by atoms with Gasteiger partial charge in [-0.3, -0.25) is 9.69 Å². The zero-order valence-corrected chi connectivity index (χ0v) is 22.7. The molecule has 4 aromatic rings.